The number of esters is 1. The van der Waals surface area contributed by atoms with Crippen LogP contribution in [-0.2, 0) is 66.4 Å². The van der Waals surface area contributed by atoms with Crippen molar-refractivity contribution in [2.45, 2.75) is 52.4 Å². The van der Waals surface area contributed by atoms with Crippen LogP contribution in [0.5, 0.6) is 0 Å². The average Bonchev–Trinajstić information content (AvgIpc) is 3.08. The Morgan fingerprint density at radius 1 is 0.292 bits per heavy atom. The molecule has 0 aliphatic carbocycles. The molecule has 48 heavy (non-hydrogen) atoms. The molecule has 0 aliphatic rings. The second-order valence-corrected chi connectivity index (χ2v) is 10.5. The summed E-state index contributed by atoms with van der Waals surface area (Å²) >= 11 is 0. The molecule has 0 aliphatic heterocycles. The van der Waals surface area contributed by atoms with E-state index in [9.17, 15) is 4.79 Å². The minimum Gasteiger partial charge on any atom is -0.463 e. The van der Waals surface area contributed by atoms with E-state index >= 15 is 0 Å². The number of rotatable bonds is 43. The molecule has 0 atom stereocenters. The molecule has 0 amide bonds. The molecule has 288 valence electrons. The van der Waals surface area contributed by atoms with Crippen LogP contribution in [0.1, 0.15) is 52.4 Å². The molecule has 14 nitrogen and oxygen atoms in total. The van der Waals surface area contributed by atoms with E-state index < -0.39 is 0 Å². The van der Waals surface area contributed by atoms with Gasteiger partial charge in [-0.3, -0.25) is 4.79 Å². The summed E-state index contributed by atoms with van der Waals surface area (Å²) < 4.78 is 70.3. The van der Waals surface area contributed by atoms with E-state index in [1.165, 1.54) is 39.0 Å². The zero-order valence-corrected chi connectivity index (χ0v) is 30.1. The highest BCUT2D eigenvalue weighted by Gasteiger charge is 1.98. The summed E-state index contributed by atoms with van der Waals surface area (Å²) in [6.07, 6.45) is 7.67. The molecule has 0 fully saturated rings. The summed E-state index contributed by atoms with van der Waals surface area (Å²) in [5, 5.41) is 0. The van der Waals surface area contributed by atoms with E-state index in [-0.39, 0.29) is 12.6 Å². The smallest absolute Gasteiger partial charge is 0.302 e. The minimum atomic E-state index is -0.310. The summed E-state index contributed by atoms with van der Waals surface area (Å²) in [5.74, 6) is -0.310. The van der Waals surface area contributed by atoms with Crippen molar-refractivity contribution in [3.63, 3.8) is 0 Å². The van der Waals surface area contributed by atoms with Gasteiger partial charge < -0.3 is 61.6 Å². The Labute approximate surface area is 289 Å². The lowest BCUT2D eigenvalue weighted by Crippen LogP contribution is -2.15. The summed E-state index contributed by atoms with van der Waals surface area (Å²) in [6, 6.07) is 0. The van der Waals surface area contributed by atoms with Crippen molar-refractivity contribution in [3.05, 3.63) is 0 Å². The second kappa shape index (κ2) is 44.0. The maximum atomic E-state index is 10.6. The Morgan fingerprint density at radius 3 is 0.750 bits per heavy atom. The molecule has 0 unspecified atom stereocenters. The van der Waals surface area contributed by atoms with Crippen molar-refractivity contribution in [1.29, 1.82) is 0 Å². The van der Waals surface area contributed by atoms with Gasteiger partial charge in [-0.25, -0.2) is 0 Å². The third-order valence-corrected chi connectivity index (χ3v) is 6.27. The first-order valence-electron chi connectivity index (χ1n) is 17.8. The van der Waals surface area contributed by atoms with Gasteiger partial charge in [0.05, 0.1) is 152 Å². The van der Waals surface area contributed by atoms with Crippen LogP contribution in [0.3, 0.4) is 0 Å². The van der Waals surface area contributed by atoms with Crippen LogP contribution in [-0.4, -0.2) is 171 Å². The topological polar surface area (TPSA) is 137 Å². The minimum absolute atomic E-state index is 0.258. The van der Waals surface area contributed by atoms with Gasteiger partial charge in [0.2, 0.25) is 0 Å². The fraction of sp³-hybridized carbons (Fsp3) is 0.971. The van der Waals surface area contributed by atoms with E-state index in [2.05, 4.69) is 6.92 Å². The van der Waals surface area contributed by atoms with Crippen molar-refractivity contribution in [2.24, 2.45) is 0 Å². The van der Waals surface area contributed by atoms with Crippen LogP contribution in [0.4, 0.5) is 0 Å². The van der Waals surface area contributed by atoms with Gasteiger partial charge in [0.15, 0.2) is 0 Å². The van der Waals surface area contributed by atoms with Crippen LogP contribution in [0.2, 0.25) is 0 Å². The zero-order chi connectivity index (χ0) is 34.7. The lowest BCUT2D eigenvalue weighted by Gasteiger charge is -2.09. The monoisotopic (exact) mass is 700 g/mol. The van der Waals surface area contributed by atoms with Crippen LogP contribution in [0.25, 0.3) is 0 Å². The summed E-state index contributed by atoms with van der Waals surface area (Å²) in [4.78, 5) is 10.6. The molecule has 0 rings (SSSR count). The van der Waals surface area contributed by atoms with Gasteiger partial charge in [-0.1, -0.05) is 39.0 Å². The highest BCUT2D eigenvalue weighted by Crippen LogP contribution is 2.04. The zero-order valence-electron chi connectivity index (χ0n) is 30.1. The predicted molar refractivity (Wildman–Crippen MR) is 180 cm³/mol. The molecule has 0 radical (unpaired) electrons. The van der Waals surface area contributed by atoms with Gasteiger partial charge in [0.25, 0.3) is 0 Å². The van der Waals surface area contributed by atoms with Gasteiger partial charge in [0, 0.05) is 13.5 Å². The van der Waals surface area contributed by atoms with Crippen LogP contribution in [0.15, 0.2) is 0 Å². The number of unbranched alkanes of at least 4 members (excludes halogenated alkanes) is 5. The standard InChI is InChI=1S/C34H68O14/c1-3-4-5-6-7-8-9-36-10-11-37-12-13-38-14-15-39-16-17-40-18-19-41-20-21-42-22-23-43-24-25-44-26-27-45-28-29-46-30-31-47-32-33-48-34(2)35/h3-33H2,1-2H3. The molecule has 0 N–H and O–H groups in total. The number of hydrogen-bond acceptors (Lipinski definition) is 14. The van der Waals surface area contributed by atoms with E-state index in [0.717, 1.165) is 13.0 Å². The number of carbonyl (C=O) groups is 1. The highest BCUT2D eigenvalue weighted by molar-refractivity contribution is 5.65. The Balaban J connectivity index is 3.04. The van der Waals surface area contributed by atoms with Crippen molar-refractivity contribution < 1.29 is 66.4 Å². The molecular weight excluding hydrogens is 632 g/mol. The maximum Gasteiger partial charge on any atom is 0.302 e. The molecule has 0 aromatic carbocycles. The summed E-state index contributed by atoms with van der Waals surface area (Å²) in [5.41, 5.74) is 0. The lowest BCUT2D eigenvalue weighted by atomic mass is 10.1. The van der Waals surface area contributed by atoms with E-state index in [1.807, 2.05) is 0 Å². The quantitative estimate of drug-likeness (QED) is 0.0681. The van der Waals surface area contributed by atoms with Gasteiger partial charge in [-0.05, 0) is 6.42 Å². The average molecular weight is 701 g/mol. The van der Waals surface area contributed by atoms with Gasteiger partial charge >= 0.3 is 5.97 Å². The fourth-order valence-corrected chi connectivity index (χ4v) is 3.75. The Kier molecular flexibility index (Phi) is 43.1. The molecule has 0 spiro atoms. The summed E-state index contributed by atoms with van der Waals surface area (Å²) in [7, 11) is 0. The van der Waals surface area contributed by atoms with Crippen molar-refractivity contribution in [2.75, 3.05) is 165 Å². The van der Waals surface area contributed by atoms with Crippen molar-refractivity contribution >= 4 is 5.97 Å². The van der Waals surface area contributed by atoms with Crippen molar-refractivity contribution in [1.82, 2.24) is 0 Å². The molecule has 14 heteroatoms. The number of carbonyl (C=O) groups excluding carboxylic acids is 1. The molecule has 0 bridgehead atoms. The second-order valence-electron chi connectivity index (χ2n) is 10.5. The van der Waals surface area contributed by atoms with Crippen LogP contribution < -0.4 is 0 Å². The molecule has 0 saturated carbocycles. The van der Waals surface area contributed by atoms with E-state index in [1.54, 1.807) is 0 Å². The number of hydrogen-bond donors (Lipinski definition) is 0. The highest BCUT2D eigenvalue weighted by atomic mass is 16.6. The maximum absolute atomic E-state index is 10.6. The fourth-order valence-electron chi connectivity index (χ4n) is 3.75. The lowest BCUT2D eigenvalue weighted by molar-refractivity contribution is -0.142. The largest absolute Gasteiger partial charge is 0.463 e. The number of ether oxygens (including phenoxy) is 13. The van der Waals surface area contributed by atoms with Crippen molar-refractivity contribution in [3.8, 4) is 0 Å². The Bertz CT molecular complexity index is 602. The molecule has 0 aromatic rings. The van der Waals surface area contributed by atoms with Crippen LogP contribution in [0, 0.1) is 0 Å². The van der Waals surface area contributed by atoms with Gasteiger partial charge in [-0.15, -0.1) is 0 Å². The Hall–Kier alpha value is -1.01. The normalized spacial score (nSPS) is 11.5. The van der Waals surface area contributed by atoms with Gasteiger partial charge in [-0.2, -0.15) is 0 Å². The molecule has 0 heterocycles. The SMILES string of the molecule is CCCCCCCCOCCOCCOCCOCCOCCOCCOCCOCCOCCOCCOCCOCCOC(C)=O. The Morgan fingerprint density at radius 2 is 0.500 bits per heavy atom. The van der Waals surface area contributed by atoms with E-state index in [0.29, 0.717) is 152 Å². The molecule has 0 saturated heterocycles. The van der Waals surface area contributed by atoms with Crippen LogP contribution >= 0.6 is 0 Å². The summed E-state index contributed by atoms with van der Waals surface area (Å²) in [6.45, 7) is 16.4. The third-order valence-electron chi connectivity index (χ3n) is 6.27. The first-order valence-corrected chi connectivity index (χ1v) is 17.8. The van der Waals surface area contributed by atoms with E-state index in [4.69, 9.17) is 61.6 Å². The molecular formula is C34H68O14. The first-order chi connectivity index (χ1) is 23.8. The molecule has 0 aromatic heterocycles. The third kappa shape index (κ3) is 45.0. The van der Waals surface area contributed by atoms with Gasteiger partial charge in [0.1, 0.15) is 6.61 Å². The predicted octanol–water partition coefficient (Wildman–Crippen LogP) is 3.11. The first kappa shape index (κ1) is 47.0.